The molecule has 1 aliphatic rings. The summed E-state index contributed by atoms with van der Waals surface area (Å²) in [5.74, 6) is 1.59. The highest BCUT2D eigenvalue weighted by Crippen LogP contribution is 2.43. The minimum Gasteiger partial charge on any atom is -0.502 e. The molecule has 1 fully saturated rings. The van der Waals surface area contributed by atoms with Gasteiger partial charge in [-0.15, -0.1) is 24.0 Å². The maximum absolute atomic E-state index is 9.96. The van der Waals surface area contributed by atoms with Crippen LogP contribution in [0.4, 0.5) is 0 Å². The minimum atomic E-state index is 0. The van der Waals surface area contributed by atoms with Crippen molar-refractivity contribution in [3.05, 3.63) is 17.7 Å². The molecule has 3 N–H and O–H groups in total. The number of hydrogen-bond acceptors (Lipinski definition) is 4. The zero-order chi connectivity index (χ0) is 17.6. The van der Waals surface area contributed by atoms with E-state index in [0.717, 1.165) is 18.1 Å². The van der Waals surface area contributed by atoms with Crippen LogP contribution in [0.2, 0.25) is 0 Å². The van der Waals surface area contributed by atoms with Crippen LogP contribution in [-0.4, -0.2) is 38.9 Å². The third-order valence-corrected chi connectivity index (χ3v) is 5.02. The van der Waals surface area contributed by atoms with Gasteiger partial charge < -0.3 is 25.2 Å². The lowest BCUT2D eigenvalue weighted by molar-refractivity contribution is 0.131. The summed E-state index contributed by atoms with van der Waals surface area (Å²) in [4.78, 5) is 4.28. The Morgan fingerprint density at radius 1 is 1.20 bits per heavy atom. The first-order valence-electron chi connectivity index (χ1n) is 8.46. The van der Waals surface area contributed by atoms with Crippen LogP contribution in [0.15, 0.2) is 17.1 Å². The van der Waals surface area contributed by atoms with E-state index in [0.29, 0.717) is 23.5 Å². The lowest BCUT2D eigenvalue weighted by Crippen LogP contribution is -2.46. The second-order valence-electron chi connectivity index (χ2n) is 6.34. The van der Waals surface area contributed by atoms with Gasteiger partial charge in [0.1, 0.15) is 0 Å². The Morgan fingerprint density at radius 3 is 2.20 bits per heavy atom. The number of nitrogens with zero attached hydrogens (tertiary/aromatic N) is 1. The van der Waals surface area contributed by atoms with E-state index in [2.05, 4.69) is 22.5 Å². The monoisotopic (exact) mass is 463 g/mol. The van der Waals surface area contributed by atoms with Gasteiger partial charge in [0.2, 0.25) is 5.75 Å². The summed E-state index contributed by atoms with van der Waals surface area (Å²) in [7, 11) is 4.82. The molecule has 0 amide bonds. The molecular formula is C18H30IN3O3. The van der Waals surface area contributed by atoms with Gasteiger partial charge in [-0.3, -0.25) is 4.99 Å². The summed E-state index contributed by atoms with van der Waals surface area (Å²) >= 11 is 0. The molecule has 1 saturated carbocycles. The first-order valence-corrected chi connectivity index (χ1v) is 8.46. The lowest BCUT2D eigenvalue weighted by atomic mass is 9.67. The molecule has 142 valence electrons. The van der Waals surface area contributed by atoms with E-state index < -0.39 is 0 Å². The van der Waals surface area contributed by atoms with Gasteiger partial charge in [-0.25, -0.2) is 0 Å². The number of aromatic hydroxyl groups is 1. The Hall–Kier alpha value is -1.38. The van der Waals surface area contributed by atoms with Crippen molar-refractivity contribution in [2.45, 2.75) is 39.2 Å². The molecule has 0 saturated heterocycles. The number of rotatable bonds is 7. The number of aliphatic imine (C=N–C) groups is 1. The van der Waals surface area contributed by atoms with E-state index >= 15 is 0 Å². The molecular weight excluding hydrogens is 433 g/mol. The van der Waals surface area contributed by atoms with E-state index in [-0.39, 0.29) is 29.7 Å². The van der Waals surface area contributed by atoms with Crippen LogP contribution in [0.1, 0.15) is 38.2 Å². The normalized spacial score (nSPS) is 15.6. The fourth-order valence-electron chi connectivity index (χ4n) is 3.06. The predicted molar refractivity (Wildman–Crippen MR) is 111 cm³/mol. The molecule has 0 radical (unpaired) electrons. The summed E-state index contributed by atoms with van der Waals surface area (Å²) in [6.45, 7) is 3.77. The zero-order valence-corrected chi connectivity index (χ0v) is 17.8. The number of nitrogens with one attached hydrogen (secondary N) is 2. The summed E-state index contributed by atoms with van der Waals surface area (Å²) in [5.41, 5.74) is 1.38. The Labute approximate surface area is 167 Å². The van der Waals surface area contributed by atoms with Crippen molar-refractivity contribution in [2.24, 2.45) is 10.4 Å². The molecule has 0 aliphatic heterocycles. The van der Waals surface area contributed by atoms with Crippen molar-refractivity contribution in [1.82, 2.24) is 10.6 Å². The Kier molecular flexibility index (Phi) is 8.61. The molecule has 1 aromatic rings. The first kappa shape index (κ1) is 21.7. The van der Waals surface area contributed by atoms with Crippen LogP contribution in [0.3, 0.4) is 0 Å². The minimum absolute atomic E-state index is 0. The highest BCUT2D eigenvalue weighted by atomic mass is 127. The van der Waals surface area contributed by atoms with Crippen LogP contribution in [0.25, 0.3) is 0 Å². The van der Waals surface area contributed by atoms with Crippen molar-refractivity contribution in [1.29, 1.82) is 0 Å². The average Bonchev–Trinajstić information content (AvgIpc) is 2.57. The zero-order valence-electron chi connectivity index (χ0n) is 15.5. The molecule has 0 atom stereocenters. The largest absolute Gasteiger partial charge is 0.502 e. The highest BCUT2D eigenvalue weighted by molar-refractivity contribution is 14.0. The van der Waals surface area contributed by atoms with Crippen LogP contribution in [0.5, 0.6) is 17.2 Å². The van der Waals surface area contributed by atoms with Gasteiger partial charge in [0.25, 0.3) is 0 Å². The Morgan fingerprint density at radius 2 is 1.80 bits per heavy atom. The molecule has 25 heavy (non-hydrogen) atoms. The highest BCUT2D eigenvalue weighted by Gasteiger charge is 2.34. The summed E-state index contributed by atoms with van der Waals surface area (Å²) in [6.07, 6.45) is 5.11. The van der Waals surface area contributed by atoms with Gasteiger partial charge in [0.15, 0.2) is 17.5 Å². The van der Waals surface area contributed by atoms with E-state index in [4.69, 9.17) is 9.47 Å². The van der Waals surface area contributed by atoms with E-state index in [1.807, 2.05) is 0 Å². The third-order valence-electron chi connectivity index (χ3n) is 5.02. The van der Waals surface area contributed by atoms with Gasteiger partial charge in [-0.05, 0) is 42.4 Å². The number of phenolic OH excluding ortho intramolecular Hbond substituents is 1. The lowest BCUT2D eigenvalue weighted by Gasteiger charge is -2.41. The van der Waals surface area contributed by atoms with Crippen molar-refractivity contribution < 1.29 is 14.6 Å². The fraction of sp³-hybridized carbons (Fsp3) is 0.611. The second-order valence-corrected chi connectivity index (χ2v) is 6.34. The molecule has 6 nitrogen and oxygen atoms in total. The second kappa shape index (κ2) is 9.94. The number of hydrogen-bond donors (Lipinski definition) is 3. The summed E-state index contributed by atoms with van der Waals surface area (Å²) in [6, 6.07) is 3.58. The van der Waals surface area contributed by atoms with Crippen LogP contribution in [-0.2, 0) is 6.54 Å². The Balaban J connectivity index is 0.00000312. The molecule has 1 aliphatic carbocycles. The van der Waals surface area contributed by atoms with E-state index in [1.54, 1.807) is 19.2 Å². The van der Waals surface area contributed by atoms with Crippen LogP contribution >= 0.6 is 24.0 Å². The number of halogens is 1. The molecule has 7 heteroatoms. The van der Waals surface area contributed by atoms with Crippen molar-refractivity contribution in [3.8, 4) is 17.2 Å². The van der Waals surface area contributed by atoms with Crippen LogP contribution < -0.4 is 20.1 Å². The average molecular weight is 463 g/mol. The van der Waals surface area contributed by atoms with Crippen molar-refractivity contribution in [3.63, 3.8) is 0 Å². The fourth-order valence-corrected chi connectivity index (χ4v) is 3.06. The number of guanidine groups is 1. The smallest absolute Gasteiger partial charge is 0.200 e. The predicted octanol–water partition coefficient (Wildman–Crippen LogP) is 3.27. The van der Waals surface area contributed by atoms with Gasteiger partial charge in [0, 0.05) is 20.1 Å². The van der Waals surface area contributed by atoms with Crippen molar-refractivity contribution >= 4 is 29.9 Å². The van der Waals surface area contributed by atoms with E-state index in [1.165, 1.54) is 39.9 Å². The number of ether oxygens (including phenoxy) is 2. The molecule has 2 rings (SSSR count). The summed E-state index contributed by atoms with van der Waals surface area (Å²) < 4.78 is 10.4. The van der Waals surface area contributed by atoms with Crippen LogP contribution in [0, 0.1) is 5.41 Å². The van der Waals surface area contributed by atoms with Gasteiger partial charge in [-0.1, -0.05) is 13.3 Å². The Bertz CT molecular complexity index is 558. The van der Waals surface area contributed by atoms with E-state index in [9.17, 15) is 5.11 Å². The van der Waals surface area contributed by atoms with Gasteiger partial charge >= 0.3 is 0 Å². The standard InChI is InChI=1S/C18H29N3O3.HI/c1-5-18(7-6-8-18)12-21-17(19-2)20-11-13-9-14(23-3)16(22)15(10-13)24-4;/h9-10,22H,5-8,11-12H2,1-4H3,(H2,19,20,21);1H. The quantitative estimate of drug-likeness (QED) is 0.329. The van der Waals surface area contributed by atoms with Gasteiger partial charge in [-0.2, -0.15) is 0 Å². The molecule has 0 bridgehead atoms. The maximum Gasteiger partial charge on any atom is 0.200 e. The molecule has 0 aromatic heterocycles. The molecule has 1 aromatic carbocycles. The molecule has 0 unspecified atom stereocenters. The van der Waals surface area contributed by atoms with Gasteiger partial charge in [0.05, 0.1) is 14.2 Å². The maximum atomic E-state index is 9.96. The first-order chi connectivity index (χ1) is 11.6. The SMILES string of the molecule is CCC1(CNC(=NC)NCc2cc(OC)c(O)c(OC)c2)CCC1.I. The molecule has 0 heterocycles. The molecule has 0 spiro atoms. The van der Waals surface area contributed by atoms with Crippen molar-refractivity contribution in [2.75, 3.05) is 27.8 Å². The third kappa shape index (κ3) is 5.29. The summed E-state index contributed by atoms with van der Waals surface area (Å²) in [5, 5.41) is 16.7. The topological polar surface area (TPSA) is 75.1 Å². The number of phenols is 1. The number of benzene rings is 1. The number of methoxy groups -OCH3 is 2.